The van der Waals surface area contributed by atoms with Crippen LogP contribution in [0.4, 0.5) is 5.13 Å². The lowest BCUT2D eigenvalue weighted by atomic mass is 10.0. The Bertz CT molecular complexity index is 917. The van der Waals surface area contributed by atoms with E-state index in [9.17, 15) is 4.79 Å². The highest BCUT2D eigenvalue weighted by molar-refractivity contribution is 7.14. The Hall–Kier alpha value is -2.32. The molecule has 0 spiro atoms. The molecule has 132 valence electrons. The van der Waals surface area contributed by atoms with Gasteiger partial charge >= 0.3 is 0 Å². The van der Waals surface area contributed by atoms with Crippen LogP contribution in [-0.4, -0.2) is 21.9 Å². The van der Waals surface area contributed by atoms with E-state index in [1.54, 1.807) is 6.20 Å². The van der Waals surface area contributed by atoms with E-state index in [4.69, 9.17) is 11.6 Å². The van der Waals surface area contributed by atoms with Gasteiger partial charge in [0.1, 0.15) is 11.7 Å². The summed E-state index contributed by atoms with van der Waals surface area (Å²) in [7, 11) is 0. The molecule has 0 aliphatic carbocycles. The number of nitrogens with zero attached hydrogens (tertiary/aromatic N) is 2. The van der Waals surface area contributed by atoms with Crippen molar-refractivity contribution in [3.8, 4) is 11.4 Å². The van der Waals surface area contributed by atoms with E-state index in [-0.39, 0.29) is 18.0 Å². The smallest absolute Gasteiger partial charge is 0.244 e. The molecule has 26 heavy (non-hydrogen) atoms. The molecule has 2 atom stereocenters. The van der Waals surface area contributed by atoms with Crippen LogP contribution in [0.5, 0.6) is 0 Å². The SMILES string of the molecule is O=C(Nc1nc(-c2ccccn2)cs1)C1CC(c2cccc(Cl)c2)NN1. The molecule has 1 fully saturated rings. The Morgan fingerprint density at radius 3 is 2.92 bits per heavy atom. The number of nitrogens with one attached hydrogen (secondary N) is 3. The molecule has 0 bridgehead atoms. The zero-order valence-corrected chi connectivity index (χ0v) is 15.2. The molecule has 8 heteroatoms. The summed E-state index contributed by atoms with van der Waals surface area (Å²) in [5, 5.41) is 5.99. The molecule has 1 aromatic carbocycles. The molecule has 0 saturated carbocycles. The lowest BCUT2D eigenvalue weighted by molar-refractivity contribution is -0.117. The highest BCUT2D eigenvalue weighted by Gasteiger charge is 2.30. The zero-order chi connectivity index (χ0) is 17.9. The number of thiazole rings is 1. The molecule has 1 aliphatic rings. The Balaban J connectivity index is 1.39. The molecule has 3 heterocycles. The fourth-order valence-corrected chi connectivity index (χ4v) is 3.73. The van der Waals surface area contributed by atoms with Crippen molar-refractivity contribution in [3.05, 3.63) is 64.6 Å². The fourth-order valence-electron chi connectivity index (χ4n) is 2.83. The van der Waals surface area contributed by atoms with E-state index < -0.39 is 0 Å². The predicted molar refractivity (Wildman–Crippen MR) is 103 cm³/mol. The van der Waals surface area contributed by atoms with Gasteiger partial charge in [-0.25, -0.2) is 15.8 Å². The van der Waals surface area contributed by atoms with Crippen LogP contribution in [0.25, 0.3) is 11.4 Å². The van der Waals surface area contributed by atoms with Gasteiger partial charge in [-0.05, 0) is 36.2 Å². The normalized spacial score (nSPS) is 19.4. The van der Waals surface area contributed by atoms with Gasteiger partial charge in [-0.3, -0.25) is 9.78 Å². The van der Waals surface area contributed by atoms with Gasteiger partial charge in [0.05, 0.1) is 5.69 Å². The van der Waals surface area contributed by atoms with Crippen molar-refractivity contribution in [3.63, 3.8) is 0 Å². The molecular formula is C18H16ClN5OS. The third-order valence-corrected chi connectivity index (χ3v) is 5.13. The first-order chi connectivity index (χ1) is 12.7. The Kier molecular flexibility index (Phi) is 4.94. The van der Waals surface area contributed by atoms with Crippen molar-refractivity contribution in [2.75, 3.05) is 5.32 Å². The number of carbonyl (C=O) groups is 1. The zero-order valence-electron chi connectivity index (χ0n) is 13.6. The molecular weight excluding hydrogens is 370 g/mol. The van der Waals surface area contributed by atoms with Gasteiger partial charge in [-0.2, -0.15) is 0 Å². The van der Waals surface area contributed by atoms with Crippen LogP contribution in [0.2, 0.25) is 5.02 Å². The van der Waals surface area contributed by atoms with Gasteiger partial charge in [-0.1, -0.05) is 29.8 Å². The Labute approximate surface area is 159 Å². The number of hydrogen-bond acceptors (Lipinski definition) is 6. The monoisotopic (exact) mass is 385 g/mol. The van der Waals surface area contributed by atoms with Crippen LogP contribution in [-0.2, 0) is 4.79 Å². The number of hydrazine groups is 1. The number of carbonyl (C=O) groups excluding carboxylic acids is 1. The minimum absolute atomic E-state index is 0.0322. The molecule has 3 aromatic rings. The summed E-state index contributed by atoms with van der Waals surface area (Å²) in [6, 6.07) is 13.0. The Morgan fingerprint density at radius 1 is 1.19 bits per heavy atom. The van der Waals surface area contributed by atoms with E-state index in [2.05, 4.69) is 26.1 Å². The minimum atomic E-state index is -0.346. The predicted octanol–water partition coefficient (Wildman–Crippen LogP) is 3.40. The molecule has 2 aromatic heterocycles. The maximum absolute atomic E-state index is 12.5. The van der Waals surface area contributed by atoms with Crippen molar-refractivity contribution in [2.24, 2.45) is 0 Å². The summed E-state index contributed by atoms with van der Waals surface area (Å²) < 4.78 is 0. The van der Waals surface area contributed by atoms with Gasteiger partial charge < -0.3 is 5.32 Å². The van der Waals surface area contributed by atoms with E-state index in [1.165, 1.54) is 11.3 Å². The molecule has 1 amide bonds. The van der Waals surface area contributed by atoms with Crippen molar-refractivity contribution in [1.29, 1.82) is 0 Å². The molecule has 1 saturated heterocycles. The third-order valence-electron chi connectivity index (χ3n) is 4.13. The van der Waals surface area contributed by atoms with Crippen LogP contribution >= 0.6 is 22.9 Å². The van der Waals surface area contributed by atoms with Crippen LogP contribution in [0, 0.1) is 0 Å². The first kappa shape index (κ1) is 17.1. The number of amides is 1. The number of benzene rings is 1. The lowest BCUT2D eigenvalue weighted by Gasteiger charge is -2.09. The molecule has 3 N–H and O–H groups in total. The van der Waals surface area contributed by atoms with Gasteiger partial charge in [0.2, 0.25) is 5.91 Å². The van der Waals surface area contributed by atoms with Crippen LogP contribution in [0.15, 0.2) is 54.0 Å². The number of aromatic nitrogens is 2. The molecule has 4 rings (SSSR count). The lowest BCUT2D eigenvalue weighted by Crippen LogP contribution is -2.39. The second-order valence-corrected chi connectivity index (χ2v) is 7.22. The summed E-state index contributed by atoms with van der Waals surface area (Å²) in [5.41, 5.74) is 8.78. The average molecular weight is 386 g/mol. The number of anilines is 1. The number of halogens is 1. The van der Waals surface area contributed by atoms with Crippen molar-refractivity contribution < 1.29 is 4.79 Å². The summed E-state index contributed by atoms with van der Waals surface area (Å²) in [4.78, 5) is 21.2. The molecule has 2 unspecified atom stereocenters. The van der Waals surface area contributed by atoms with Gasteiger partial charge in [0.25, 0.3) is 0 Å². The molecule has 6 nitrogen and oxygen atoms in total. The van der Waals surface area contributed by atoms with E-state index in [1.807, 2.05) is 47.8 Å². The first-order valence-electron chi connectivity index (χ1n) is 8.13. The van der Waals surface area contributed by atoms with Crippen LogP contribution < -0.4 is 16.2 Å². The second kappa shape index (κ2) is 7.51. The highest BCUT2D eigenvalue weighted by Crippen LogP contribution is 2.26. The standard InChI is InChI=1S/C18H16ClN5OS/c19-12-5-3-4-11(8-12)14-9-15(24-23-14)17(25)22-18-21-16(10-26-18)13-6-1-2-7-20-13/h1-8,10,14-15,23-24H,9H2,(H,21,22,25). The first-order valence-corrected chi connectivity index (χ1v) is 9.39. The maximum atomic E-state index is 12.5. The summed E-state index contributed by atoms with van der Waals surface area (Å²) in [5.74, 6) is -0.121. The van der Waals surface area contributed by atoms with Gasteiger partial charge in [0.15, 0.2) is 5.13 Å². The maximum Gasteiger partial charge on any atom is 0.244 e. The summed E-state index contributed by atoms with van der Waals surface area (Å²) in [6.45, 7) is 0. The van der Waals surface area contributed by atoms with Gasteiger partial charge in [0, 0.05) is 22.6 Å². The van der Waals surface area contributed by atoms with Crippen LogP contribution in [0.1, 0.15) is 18.0 Å². The fraction of sp³-hybridized carbons (Fsp3) is 0.167. The van der Waals surface area contributed by atoms with Crippen molar-refractivity contribution >= 4 is 34.0 Å². The van der Waals surface area contributed by atoms with Crippen molar-refractivity contribution in [2.45, 2.75) is 18.5 Å². The summed E-state index contributed by atoms with van der Waals surface area (Å²) >= 11 is 7.42. The summed E-state index contributed by atoms with van der Waals surface area (Å²) in [6.07, 6.45) is 2.35. The van der Waals surface area contributed by atoms with E-state index in [0.717, 1.165) is 17.0 Å². The van der Waals surface area contributed by atoms with E-state index >= 15 is 0 Å². The number of rotatable bonds is 4. The largest absolute Gasteiger partial charge is 0.301 e. The highest BCUT2D eigenvalue weighted by atomic mass is 35.5. The second-order valence-electron chi connectivity index (χ2n) is 5.93. The topological polar surface area (TPSA) is 78.9 Å². The average Bonchev–Trinajstić information content (AvgIpc) is 3.32. The van der Waals surface area contributed by atoms with Crippen LogP contribution in [0.3, 0.4) is 0 Å². The molecule has 1 aliphatic heterocycles. The number of hydrogen-bond donors (Lipinski definition) is 3. The molecule has 0 radical (unpaired) electrons. The number of pyridine rings is 1. The quantitative estimate of drug-likeness (QED) is 0.641. The minimum Gasteiger partial charge on any atom is -0.301 e. The van der Waals surface area contributed by atoms with Crippen molar-refractivity contribution in [1.82, 2.24) is 20.8 Å². The Morgan fingerprint density at radius 2 is 2.12 bits per heavy atom. The van der Waals surface area contributed by atoms with Gasteiger partial charge in [-0.15, -0.1) is 11.3 Å². The van der Waals surface area contributed by atoms with E-state index in [0.29, 0.717) is 16.6 Å². The third kappa shape index (κ3) is 3.76.